The summed E-state index contributed by atoms with van der Waals surface area (Å²) in [5.41, 5.74) is 3.01. The second-order valence-electron chi connectivity index (χ2n) is 10.7. The number of aliphatic carboxylic acids is 1. The van der Waals surface area contributed by atoms with Crippen LogP contribution in [0.3, 0.4) is 0 Å². The molecule has 1 aromatic heterocycles. The number of pyridine rings is 1. The van der Waals surface area contributed by atoms with E-state index in [2.05, 4.69) is 22.0 Å². The quantitative estimate of drug-likeness (QED) is 0.249. The van der Waals surface area contributed by atoms with Gasteiger partial charge in [-0.3, -0.25) is 9.78 Å². The number of carboxylic acids is 1. The molecular weight excluding hydrogens is 492 g/mol. The van der Waals surface area contributed by atoms with E-state index >= 15 is 0 Å². The predicted octanol–water partition coefficient (Wildman–Crippen LogP) is 5.89. The fraction of sp³-hybridized carbons (Fsp3) is 0.500. The molecule has 210 valence electrons. The zero-order valence-electron chi connectivity index (χ0n) is 23.2. The van der Waals surface area contributed by atoms with Gasteiger partial charge >= 0.3 is 5.97 Å². The summed E-state index contributed by atoms with van der Waals surface area (Å²) in [5.74, 6) is 1.65. The van der Waals surface area contributed by atoms with E-state index in [1.807, 2.05) is 36.4 Å². The average molecular weight is 535 g/mol. The van der Waals surface area contributed by atoms with Crippen LogP contribution in [-0.2, 0) is 11.2 Å². The normalized spacial score (nSPS) is 18.6. The highest BCUT2D eigenvalue weighted by Crippen LogP contribution is 2.35. The number of aryl methyl sites for hydroxylation is 1. The smallest absolute Gasteiger partial charge is 0.303 e. The highest BCUT2D eigenvalue weighted by atomic mass is 16.5. The number of benzene rings is 2. The molecule has 0 aliphatic carbocycles. The number of unbranched alkanes of at least 4 members (excludes halogenated alkanes) is 1. The molecule has 0 saturated carbocycles. The van der Waals surface area contributed by atoms with Gasteiger partial charge in [0.05, 0.1) is 25.8 Å². The molecule has 0 radical (unpaired) electrons. The molecule has 4 rings (SSSR count). The van der Waals surface area contributed by atoms with Crippen LogP contribution >= 0.6 is 0 Å². The number of likely N-dealkylation sites (tertiary alicyclic amines) is 1. The lowest BCUT2D eigenvalue weighted by molar-refractivity contribution is -0.137. The minimum Gasteiger partial charge on any atom is -0.497 e. The Bertz CT molecular complexity index is 1220. The Labute approximate surface area is 231 Å². The molecule has 2 aromatic carbocycles. The van der Waals surface area contributed by atoms with Gasteiger partial charge in [-0.1, -0.05) is 12.1 Å². The van der Waals surface area contributed by atoms with Gasteiger partial charge in [0.2, 0.25) is 0 Å². The van der Waals surface area contributed by atoms with E-state index in [0.29, 0.717) is 24.7 Å². The molecule has 1 fully saturated rings. The molecule has 1 aliphatic rings. The molecule has 0 amide bonds. The molecule has 0 bridgehead atoms. The number of carbonyl (C=O) groups is 1. The molecule has 0 spiro atoms. The zero-order chi connectivity index (χ0) is 27.6. The number of aliphatic hydroxyl groups is 1. The highest BCUT2D eigenvalue weighted by molar-refractivity contribution is 5.83. The van der Waals surface area contributed by atoms with Crippen LogP contribution < -0.4 is 9.47 Å². The van der Waals surface area contributed by atoms with Gasteiger partial charge in [0.15, 0.2) is 0 Å². The summed E-state index contributed by atoms with van der Waals surface area (Å²) in [6, 6.07) is 15.9. The first-order valence-electron chi connectivity index (χ1n) is 14.1. The molecule has 7 nitrogen and oxygen atoms in total. The second-order valence-corrected chi connectivity index (χ2v) is 10.7. The van der Waals surface area contributed by atoms with Gasteiger partial charge in [-0.25, -0.2) is 0 Å². The van der Waals surface area contributed by atoms with E-state index in [1.54, 1.807) is 20.4 Å². The minimum absolute atomic E-state index is 0.197. The van der Waals surface area contributed by atoms with Crippen LogP contribution in [0, 0.1) is 11.8 Å². The first kappa shape index (κ1) is 28.8. The van der Waals surface area contributed by atoms with Crippen LogP contribution in [-0.4, -0.2) is 59.9 Å². The summed E-state index contributed by atoms with van der Waals surface area (Å²) in [5, 5.41) is 21.4. The minimum atomic E-state index is -0.735. The molecule has 3 atom stereocenters. The number of rotatable bonds is 14. The third kappa shape index (κ3) is 8.16. The predicted molar refractivity (Wildman–Crippen MR) is 153 cm³/mol. The van der Waals surface area contributed by atoms with Crippen LogP contribution in [0.1, 0.15) is 62.2 Å². The number of carboxylic acid groups (broad SMARTS) is 1. The van der Waals surface area contributed by atoms with Gasteiger partial charge in [-0.15, -0.1) is 0 Å². The molecule has 1 aliphatic heterocycles. The van der Waals surface area contributed by atoms with Gasteiger partial charge in [0.25, 0.3) is 0 Å². The number of hydrogen-bond acceptors (Lipinski definition) is 6. The SMILES string of the molecule is COc1cccc(CCCCN2CCC(CC[C@H](O)c3ccnc4ccc(OC)cc34)C(CCC(=O)O)C2)c1. The molecule has 39 heavy (non-hydrogen) atoms. The van der Waals surface area contributed by atoms with E-state index in [1.165, 1.54) is 5.56 Å². The number of ether oxygens (including phenoxy) is 2. The van der Waals surface area contributed by atoms with Gasteiger partial charge in [0.1, 0.15) is 11.5 Å². The molecule has 3 aromatic rings. The van der Waals surface area contributed by atoms with Crippen LogP contribution in [0.25, 0.3) is 10.9 Å². The van der Waals surface area contributed by atoms with Crippen molar-refractivity contribution < 1.29 is 24.5 Å². The zero-order valence-corrected chi connectivity index (χ0v) is 23.2. The fourth-order valence-electron chi connectivity index (χ4n) is 5.96. The lowest BCUT2D eigenvalue weighted by Gasteiger charge is -2.39. The van der Waals surface area contributed by atoms with Crippen molar-refractivity contribution in [1.82, 2.24) is 9.88 Å². The topological polar surface area (TPSA) is 92.1 Å². The monoisotopic (exact) mass is 534 g/mol. The average Bonchev–Trinajstić information content (AvgIpc) is 2.96. The Balaban J connectivity index is 1.31. The van der Waals surface area contributed by atoms with Crippen molar-refractivity contribution in [2.45, 2.75) is 57.5 Å². The number of methoxy groups -OCH3 is 2. The van der Waals surface area contributed by atoms with Crippen LogP contribution in [0.5, 0.6) is 11.5 Å². The summed E-state index contributed by atoms with van der Waals surface area (Å²) >= 11 is 0. The maximum absolute atomic E-state index is 11.4. The van der Waals surface area contributed by atoms with Crippen molar-refractivity contribution in [3.05, 3.63) is 65.9 Å². The van der Waals surface area contributed by atoms with E-state index in [4.69, 9.17) is 9.47 Å². The van der Waals surface area contributed by atoms with Crippen molar-refractivity contribution in [2.75, 3.05) is 33.9 Å². The summed E-state index contributed by atoms with van der Waals surface area (Å²) in [4.78, 5) is 18.3. The van der Waals surface area contributed by atoms with E-state index in [-0.39, 0.29) is 6.42 Å². The number of fused-ring (bicyclic) bond motifs is 1. The summed E-state index contributed by atoms with van der Waals surface area (Å²) in [6.07, 6.45) is 7.85. The van der Waals surface area contributed by atoms with Crippen molar-refractivity contribution in [3.8, 4) is 11.5 Å². The molecule has 1 saturated heterocycles. The number of piperidine rings is 1. The first-order valence-corrected chi connectivity index (χ1v) is 14.1. The van der Waals surface area contributed by atoms with E-state index in [0.717, 1.165) is 79.7 Å². The molecule has 2 unspecified atom stereocenters. The van der Waals surface area contributed by atoms with Crippen molar-refractivity contribution >= 4 is 16.9 Å². The largest absolute Gasteiger partial charge is 0.497 e. The Hall–Kier alpha value is -3.16. The van der Waals surface area contributed by atoms with Gasteiger partial charge in [-0.05, 0) is 117 Å². The Morgan fingerprint density at radius 2 is 1.87 bits per heavy atom. The van der Waals surface area contributed by atoms with Crippen molar-refractivity contribution in [2.24, 2.45) is 11.8 Å². The third-order valence-corrected chi connectivity index (χ3v) is 8.18. The molecular formula is C32H42N2O5. The first-order chi connectivity index (χ1) is 19.0. The van der Waals surface area contributed by atoms with E-state index in [9.17, 15) is 15.0 Å². The van der Waals surface area contributed by atoms with E-state index < -0.39 is 12.1 Å². The van der Waals surface area contributed by atoms with Crippen LogP contribution in [0.15, 0.2) is 54.7 Å². The van der Waals surface area contributed by atoms with Gasteiger partial charge in [-0.2, -0.15) is 0 Å². The Morgan fingerprint density at radius 1 is 1.05 bits per heavy atom. The maximum atomic E-state index is 11.4. The number of hydrogen-bond donors (Lipinski definition) is 2. The van der Waals surface area contributed by atoms with Crippen molar-refractivity contribution in [1.29, 1.82) is 0 Å². The lowest BCUT2D eigenvalue weighted by atomic mass is 9.79. The third-order valence-electron chi connectivity index (χ3n) is 8.18. The molecule has 2 heterocycles. The Kier molecular flexibility index (Phi) is 10.6. The summed E-state index contributed by atoms with van der Waals surface area (Å²) < 4.78 is 10.7. The summed E-state index contributed by atoms with van der Waals surface area (Å²) in [7, 11) is 3.33. The van der Waals surface area contributed by atoms with Crippen LogP contribution in [0.2, 0.25) is 0 Å². The van der Waals surface area contributed by atoms with Gasteiger partial charge in [0, 0.05) is 24.5 Å². The van der Waals surface area contributed by atoms with Gasteiger partial charge < -0.3 is 24.6 Å². The summed E-state index contributed by atoms with van der Waals surface area (Å²) in [6.45, 7) is 3.00. The van der Waals surface area contributed by atoms with Crippen LogP contribution in [0.4, 0.5) is 0 Å². The molecule has 7 heteroatoms. The molecule has 2 N–H and O–H groups in total. The second kappa shape index (κ2) is 14.3. The highest BCUT2D eigenvalue weighted by Gasteiger charge is 2.30. The van der Waals surface area contributed by atoms with Crippen molar-refractivity contribution in [3.63, 3.8) is 0 Å². The number of nitrogens with zero attached hydrogens (tertiary/aromatic N) is 2. The Morgan fingerprint density at radius 3 is 2.67 bits per heavy atom. The fourth-order valence-corrected chi connectivity index (χ4v) is 5.96. The lowest BCUT2D eigenvalue weighted by Crippen LogP contribution is -2.41. The maximum Gasteiger partial charge on any atom is 0.303 e. The number of aliphatic hydroxyl groups excluding tert-OH is 1. The standard InChI is InChI=1S/C32H42N2O5/c1-38-26-8-5-7-23(20-26)6-3-4-18-34-19-16-24(25(22-34)10-14-32(36)37)9-13-31(35)28-15-17-33-30-12-11-27(39-2)21-29(28)30/h5,7-8,11-12,15,17,20-21,24-25,31,35H,3-4,6,9-10,13-14,16,18-19,22H2,1-2H3,(H,36,37)/t24?,25?,31-/m0/s1. The number of aromatic nitrogens is 1.